The molecule has 120 valence electrons. The van der Waals surface area contributed by atoms with E-state index in [0.29, 0.717) is 0 Å². The van der Waals surface area contributed by atoms with Gasteiger partial charge in [0.2, 0.25) is 0 Å². The number of methoxy groups -OCH3 is 2. The van der Waals surface area contributed by atoms with Gasteiger partial charge < -0.3 is 18.9 Å². The zero-order valence-electron chi connectivity index (χ0n) is 13.1. The third-order valence-corrected chi connectivity index (χ3v) is 2.39. The SMILES string of the molecule is COC(=O)c1ccc(OC(=O)OC(C)(C)C)cc1C(=O)OC. The predicted octanol–water partition coefficient (Wildman–Crippen LogP) is 2.57. The third-order valence-electron chi connectivity index (χ3n) is 2.39. The molecule has 1 aromatic rings. The number of benzene rings is 1. The van der Waals surface area contributed by atoms with E-state index in [1.807, 2.05) is 0 Å². The van der Waals surface area contributed by atoms with Crippen molar-refractivity contribution >= 4 is 18.1 Å². The van der Waals surface area contributed by atoms with E-state index < -0.39 is 23.7 Å². The molecule has 0 saturated heterocycles. The summed E-state index contributed by atoms with van der Waals surface area (Å²) in [5.41, 5.74) is -0.782. The summed E-state index contributed by atoms with van der Waals surface area (Å²) in [7, 11) is 2.36. The molecule has 0 radical (unpaired) electrons. The number of hydrogen-bond acceptors (Lipinski definition) is 7. The van der Waals surface area contributed by atoms with Gasteiger partial charge in [0, 0.05) is 0 Å². The molecule has 0 heterocycles. The normalized spacial score (nSPS) is 10.6. The summed E-state index contributed by atoms with van der Waals surface area (Å²) in [6.45, 7) is 5.07. The van der Waals surface area contributed by atoms with Gasteiger partial charge in [-0.3, -0.25) is 0 Å². The quantitative estimate of drug-likeness (QED) is 0.481. The maximum absolute atomic E-state index is 11.7. The first-order chi connectivity index (χ1) is 10.2. The molecule has 22 heavy (non-hydrogen) atoms. The average molecular weight is 310 g/mol. The molecule has 0 unspecified atom stereocenters. The molecule has 0 amide bonds. The monoisotopic (exact) mass is 310 g/mol. The van der Waals surface area contributed by atoms with Crippen molar-refractivity contribution in [1.82, 2.24) is 0 Å². The number of carbonyl (C=O) groups is 3. The number of ether oxygens (including phenoxy) is 4. The Balaban J connectivity index is 3.07. The zero-order valence-corrected chi connectivity index (χ0v) is 13.1. The van der Waals surface area contributed by atoms with Crippen molar-refractivity contribution in [3.63, 3.8) is 0 Å². The van der Waals surface area contributed by atoms with Gasteiger partial charge in [0.25, 0.3) is 0 Å². The predicted molar refractivity (Wildman–Crippen MR) is 76.0 cm³/mol. The minimum atomic E-state index is -0.922. The van der Waals surface area contributed by atoms with E-state index in [-0.39, 0.29) is 16.9 Å². The first-order valence-electron chi connectivity index (χ1n) is 6.39. The lowest BCUT2D eigenvalue weighted by molar-refractivity contribution is 0.0205. The molecule has 1 aromatic carbocycles. The van der Waals surface area contributed by atoms with Crippen LogP contribution in [-0.2, 0) is 14.2 Å². The molecule has 0 aliphatic heterocycles. The second-order valence-electron chi connectivity index (χ2n) is 5.26. The van der Waals surface area contributed by atoms with Gasteiger partial charge in [-0.2, -0.15) is 0 Å². The van der Waals surface area contributed by atoms with Crippen molar-refractivity contribution in [2.75, 3.05) is 14.2 Å². The summed E-state index contributed by atoms with van der Waals surface area (Å²) in [5, 5.41) is 0. The van der Waals surface area contributed by atoms with Crippen LogP contribution >= 0.6 is 0 Å². The second-order valence-corrected chi connectivity index (χ2v) is 5.26. The van der Waals surface area contributed by atoms with Crippen LogP contribution in [0.2, 0.25) is 0 Å². The smallest absolute Gasteiger partial charge is 0.465 e. The van der Waals surface area contributed by atoms with E-state index in [0.717, 1.165) is 0 Å². The Bertz CT molecular complexity index is 584. The number of esters is 2. The van der Waals surface area contributed by atoms with Crippen LogP contribution in [0.5, 0.6) is 5.75 Å². The Morgan fingerprint density at radius 2 is 1.45 bits per heavy atom. The highest BCUT2D eigenvalue weighted by atomic mass is 16.7. The Hall–Kier alpha value is -2.57. The standard InChI is InChI=1S/C15H18O7/c1-15(2,3)22-14(18)21-9-6-7-10(12(16)19-4)11(8-9)13(17)20-5/h6-8H,1-5H3. The summed E-state index contributed by atoms with van der Waals surface area (Å²) >= 11 is 0. The van der Waals surface area contributed by atoms with Gasteiger partial charge >= 0.3 is 18.1 Å². The minimum absolute atomic E-state index is 0.00545. The molecule has 0 spiro atoms. The molecular formula is C15H18O7. The Morgan fingerprint density at radius 1 is 0.909 bits per heavy atom. The molecule has 0 aliphatic carbocycles. The Labute approximate surface area is 128 Å². The van der Waals surface area contributed by atoms with Crippen molar-refractivity contribution in [3.05, 3.63) is 29.3 Å². The highest BCUT2D eigenvalue weighted by Gasteiger charge is 2.22. The first kappa shape index (κ1) is 17.5. The molecule has 0 bridgehead atoms. The Morgan fingerprint density at radius 3 is 1.95 bits per heavy atom. The molecule has 0 atom stereocenters. The van der Waals surface area contributed by atoms with E-state index in [9.17, 15) is 14.4 Å². The maximum Gasteiger partial charge on any atom is 0.514 e. The molecule has 7 nitrogen and oxygen atoms in total. The van der Waals surface area contributed by atoms with E-state index in [1.54, 1.807) is 20.8 Å². The van der Waals surface area contributed by atoms with Crippen molar-refractivity contribution < 1.29 is 33.3 Å². The van der Waals surface area contributed by atoms with Crippen LogP contribution < -0.4 is 4.74 Å². The first-order valence-corrected chi connectivity index (χ1v) is 6.39. The molecular weight excluding hydrogens is 292 g/mol. The topological polar surface area (TPSA) is 88.1 Å². The van der Waals surface area contributed by atoms with Crippen LogP contribution in [0.25, 0.3) is 0 Å². The fraction of sp³-hybridized carbons (Fsp3) is 0.400. The van der Waals surface area contributed by atoms with Crippen molar-refractivity contribution in [1.29, 1.82) is 0 Å². The van der Waals surface area contributed by atoms with Crippen LogP contribution in [0.1, 0.15) is 41.5 Å². The van der Waals surface area contributed by atoms with E-state index in [1.165, 1.54) is 32.4 Å². The van der Waals surface area contributed by atoms with Gasteiger partial charge in [-0.15, -0.1) is 0 Å². The number of rotatable bonds is 3. The van der Waals surface area contributed by atoms with E-state index >= 15 is 0 Å². The average Bonchev–Trinajstić information content (AvgIpc) is 2.43. The molecule has 0 aliphatic rings. The van der Waals surface area contributed by atoms with Crippen molar-refractivity contribution in [3.8, 4) is 5.75 Å². The van der Waals surface area contributed by atoms with E-state index in [4.69, 9.17) is 9.47 Å². The lowest BCUT2D eigenvalue weighted by atomic mass is 10.1. The highest BCUT2D eigenvalue weighted by molar-refractivity contribution is 6.03. The van der Waals surface area contributed by atoms with Gasteiger partial charge in [-0.25, -0.2) is 14.4 Å². The van der Waals surface area contributed by atoms with Gasteiger partial charge in [-0.1, -0.05) is 0 Å². The lowest BCUT2D eigenvalue weighted by Gasteiger charge is -2.18. The molecule has 0 fully saturated rings. The minimum Gasteiger partial charge on any atom is -0.465 e. The van der Waals surface area contributed by atoms with Gasteiger partial charge in [0.1, 0.15) is 11.4 Å². The van der Waals surface area contributed by atoms with Gasteiger partial charge in [-0.05, 0) is 39.0 Å². The fourth-order valence-electron chi connectivity index (χ4n) is 1.52. The highest BCUT2D eigenvalue weighted by Crippen LogP contribution is 2.21. The summed E-state index contributed by atoms with van der Waals surface area (Å²) in [5.74, 6) is -1.42. The lowest BCUT2D eigenvalue weighted by Crippen LogP contribution is -2.26. The maximum atomic E-state index is 11.7. The summed E-state index contributed by atoms with van der Waals surface area (Å²) in [6.07, 6.45) is -0.922. The van der Waals surface area contributed by atoms with Gasteiger partial charge in [0.15, 0.2) is 0 Å². The van der Waals surface area contributed by atoms with Crippen LogP contribution in [0, 0.1) is 0 Å². The van der Waals surface area contributed by atoms with Crippen LogP contribution in [0.15, 0.2) is 18.2 Å². The Kier molecular flexibility index (Phi) is 5.50. The number of carbonyl (C=O) groups excluding carboxylic acids is 3. The molecule has 0 aromatic heterocycles. The number of hydrogen-bond donors (Lipinski definition) is 0. The van der Waals surface area contributed by atoms with Gasteiger partial charge in [0.05, 0.1) is 25.3 Å². The largest absolute Gasteiger partial charge is 0.514 e. The molecule has 1 rings (SSSR count). The van der Waals surface area contributed by atoms with Crippen molar-refractivity contribution in [2.45, 2.75) is 26.4 Å². The second kappa shape index (κ2) is 6.93. The summed E-state index contributed by atoms with van der Waals surface area (Å²) in [6, 6.07) is 3.86. The van der Waals surface area contributed by atoms with Crippen LogP contribution in [0.3, 0.4) is 0 Å². The summed E-state index contributed by atoms with van der Waals surface area (Å²) < 4.78 is 19.1. The molecule has 7 heteroatoms. The van der Waals surface area contributed by atoms with Crippen molar-refractivity contribution in [2.24, 2.45) is 0 Å². The van der Waals surface area contributed by atoms with Crippen LogP contribution in [-0.4, -0.2) is 37.9 Å². The fourth-order valence-corrected chi connectivity index (χ4v) is 1.52. The molecule has 0 N–H and O–H groups in total. The zero-order chi connectivity index (χ0) is 16.9. The summed E-state index contributed by atoms with van der Waals surface area (Å²) in [4.78, 5) is 34.9. The van der Waals surface area contributed by atoms with Crippen LogP contribution in [0.4, 0.5) is 4.79 Å². The van der Waals surface area contributed by atoms with E-state index in [2.05, 4.69) is 9.47 Å². The molecule has 0 saturated carbocycles. The third kappa shape index (κ3) is 4.76.